The second kappa shape index (κ2) is 7.04. The van der Waals surface area contributed by atoms with Crippen molar-refractivity contribution in [2.75, 3.05) is 6.54 Å². The molecule has 132 valence electrons. The number of H-pyrrole nitrogens is 1. The molecule has 0 aliphatic carbocycles. The Balaban J connectivity index is 1.59. The van der Waals surface area contributed by atoms with E-state index in [4.69, 9.17) is 0 Å². The third kappa shape index (κ3) is 3.70. The van der Waals surface area contributed by atoms with Crippen LogP contribution in [0.1, 0.15) is 44.4 Å². The van der Waals surface area contributed by atoms with E-state index < -0.39 is 0 Å². The van der Waals surface area contributed by atoms with Gasteiger partial charge in [0.15, 0.2) is 0 Å². The summed E-state index contributed by atoms with van der Waals surface area (Å²) in [6.45, 7) is 6.41. The quantitative estimate of drug-likeness (QED) is 0.722. The number of fused-ring (bicyclic) bond motifs is 1. The molecule has 0 aliphatic rings. The van der Waals surface area contributed by atoms with E-state index in [0.29, 0.717) is 18.5 Å². The minimum atomic E-state index is -0.329. The van der Waals surface area contributed by atoms with Gasteiger partial charge in [-0.1, -0.05) is 13.8 Å². The number of nitrogens with zero attached hydrogens (tertiary/aromatic N) is 3. The van der Waals surface area contributed by atoms with E-state index in [9.17, 15) is 9.18 Å². The van der Waals surface area contributed by atoms with Crippen molar-refractivity contribution >= 4 is 16.9 Å². The number of halogens is 1. The Hall–Kier alpha value is -2.70. The molecule has 0 saturated carbocycles. The molecule has 1 atom stereocenters. The molecule has 3 aromatic rings. The number of hydrogen-bond donors (Lipinski definition) is 2. The number of carbonyl (C=O) groups excluding carboxylic acids is 1. The van der Waals surface area contributed by atoms with Crippen molar-refractivity contribution in [3.8, 4) is 0 Å². The molecule has 2 aromatic heterocycles. The Bertz CT molecular complexity index is 883. The number of rotatable bonds is 6. The van der Waals surface area contributed by atoms with Crippen LogP contribution in [0.2, 0.25) is 0 Å². The Morgan fingerprint density at radius 2 is 2.16 bits per heavy atom. The average Bonchev–Trinajstić information content (AvgIpc) is 3.19. The van der Waals surface area contributed by atoms with Gasteiger partial charge in [0.2, 0.25) is 5.91 Å². The van der Waals surface area contributed by atoms with Crippen molar-refractivity contribution in [3.05, 3.63) is 48.1 Å². The Morgan fingerprint density at radius 1 is 1.36 bits per heavy atom. The van der Waals surface area contributed by atoms with E-state index in [1.54, 1.807) is 12.3 Å². The van der Waals surface area contributed by atoms with E-state index in [1.165, 1.54) is 12.1 Å². The fraction of sp³-hybridized carbons (Fsp3) is 0.389. The number of carbonyl (C=O) groups is 1. The lowest BCUT2D eigenvalue weighted by Crippen LogP contribution is -2.33. The van der Waals surface area contributed by atoms with Gasteiger partial charge in [-0.25, -0.2) is 14.4 Å². The fourth-order valence-corrected chi connectivity index (χ4v) is 2.83. The van der Waals surface area contributed by atoms with E-state index in [2.05, 4.69) is 20.3 Å². The third-order valence-electron chi connectivity index (χ3n) is 4.17. The standard InChI is InChI=1S/C18H22FN5O/c1-11(2)17-20-8-9-24(17)12(3)18(25)21-7-6-16-22-14-5-4-13(19)10-15(14)23-16/h4-5,8-12H,6-7H2,1-3H3,(H,21,25)(H,22,23). The number of nitrogens with one attached hydrogen (secondary N) is 2. The zero-order valence-electron chi connectivity index (χ0n) is 14.6. The number of amides is 1. The summed E-state index contributed by atoms with van der Waals surface area (Å²) in [6.07, 6.45) is 4.09. The van der Waals surface area contributed by atoms with Crippen LogP contribution in [0.3, 0.4) is 0 Å². The van der Waals surface area contributed by atoms with Crippen molar-refractivity contribution in [1.82, 2.24) is 24.8 Å². The zero-order chi connectivity index (χ0) is 18.0. The lowest BCUT2D eigenvalue weighted by atomic mass is 10.2. The van der Waals surface area contributed by atoms with Crippen LogP contribution in [0.15, 0.2) is 30.6 Å². The second-order valence-electron chi connectivity index (χ2n) is 6.41. The monoisotopic (exact) mass is 343 g/mol. The van der Waals surface area contributed by atoms with Gasteiger partial charge in [-0.05, 0) is 25.1 Å². The highest BCUT2D eigenvalue weighted by molar-refractivity contribution is 5.80. The number of aromatic amines is 1. The van der Waals surface area contributed by atoms with Crippen LogP contribution in [0, 0.1) is 5.82 Å². The average molecular weight is 343 g/mol. The van der Waals surface area contributed by atoms with Gasteiger partial charge in [0, 0.05) is 31.3 Å². The highest BCUT2D eigenvalue weighted by atomic mass is 19.1. The maximum absolute atomic E-state index is 13.2. The molecule has 0 spiro atoms. The van der Waals surface area contributed by atoms with Crippen molar-refractivity contribution in [2.45, 2.75) is 39.2 Å². The van der Waals surface area contributed by atoms with Crippen molar-refractivity contribution < 1.29 is 9.18 Å². The summed E-state index contributed by atoms with van der Waals surface area (Å²) in [7, 11) is 0. The van der Waals surface area contributed by atoms with Gasteiger partial charge >= 0.3 is 0 Å². The number of benzene rings is 1. The molecule has 0 saturated heterocycles. The summed E-state index contributed by atoms with van der Waals surface area (Å²) in [6, 6.07) is 4.11. The van der Waals surface area contributed by atoms with Crippen LogP contribution < -0.4 is 5.32 Å². The van der Waals surface area contributed by atoms with E-state index in [1.807, 2.05) is 31.5 Å². The zero-order valence-corrected chi connectivity index (χ0v) is 14.6. The van der Waals surface area contributed by atoms with Crippen LogP contribution in [0.5, 0.6) is 0 Å². The first-order valence-corrected chi connectivity index (χ1v) is 8.40. The normalized spacial score (nSPS) is 12.7. The molecule has 3 rings (SSSR count). The number of imidazole rings is 2. The van der Waals surface area contributed by atoms with Gasteiger partial charge < -0.3 is 14.9 Å². The smallest absolute Gasteiger partial charge is 0.242 e. The first kappa shape index (κ1) is 17.1. The Labute approximate surface area is 145 Å². The topological polar surface area (TPSA) is 75.6 Å². The van der Waals surface area contributed by atoms with Gasteiger partial charge in [0.1, 0.15) is 23.5 Å². The SMILES string of the molecule is CC(C)c1nccn1C(C)C(=O)NCCc1nc2ccc(F)cc2[nH]1. The van der Waals surface area contributed by atoms with Crippen LogP contribution in [-0.4, -0.2) is 32.0 Å². The van der Waals surface area contributed by atoms with Crippen LogP contribution in [-0.2, 0) is 11.2 Å². The molecular formula is C18H22FN5O. The predicted molar refractivity (Wildman–Crippen MR) is 93.8 cm³/mol. The summed E-state index contributed by atoms with van der Waals surface area (Å²) in [5, 5.41) is 2.92. The number of hydrogen-bond acceptors (Lipinski definition) is 3. The molecule has 6 nitrogen and oxygen atoms in total. The summed E-state index contributed by atoms with van der Waals surface area (Å²) < 4.78 is 15.1. The number of aromatic nitrogens is 4. The van der Waals surface area contributed by atoms with Gasteiger partial charge in [-0.2, -0.15) is 0 Å². The molecule has 2 heterocycles. The van der Waals surface area contributed by atoms with Crippen LogP contribution in [0.25, 0.3) is 11.0 Å². The van der Waals surface area contributed by atoms with Gasteiger partial charge in [-0.15, -0.1) is 0 Å². The molecular weight excluding hydrogens is 321 g/mol. The summed E-state index contributed by atoms with van der Waals surface area (Å²) in [4.78, 5) is 24.2. The lowest BCUT2D eigenvalue weighted by Gasteiger charge is -2.17. The van der Waals surface area contributed by atoms with Crippen molar-refractivity contribution in [3.63, 3.8) is 0 Å². The molecule has 0 aliphatic heterocycles. The predicted octanol–water partition coefficient (Wildman–Crippen LogP) is 2.94. The van der Waals surface area contributed by atoms with E-state index in [-0.39, 0.29) is 23.7 Å². The third-order valence-corrected chi connectivity index (χ3v) is 4.17. The fourth-order valence-electron chi connectivity index (χ4n) is 2.83. The molecule has 1 unspecified atom stereocenters. The second-order valence-corrected chi connectivity index (χ2v) is 6.41. The molecule has 1 amide bonds. The first-order chi connectivity index (χ1) is 12.0. The summed E-state index contributed by atoms with van der Waals surface area (Å²) in [5.41, 5.74) is 1.38. The Kier molecular flexibility index (Phi) is 4.83. The summed E-state index contributed by atoms with van der Waals surface area (Å²) >= 11 is 0. The minimum absolute atomic E-state index is 0.0675. The highest BCUT2D eigenvalue weighted by Crippen LogP contribution is 2.17. The lowest BCUT2D eigenvalue weighted by molar-refractivity contribution is -0.123. The maximum atomic E-state index is 13.2. The molecule has 25 heavy (non-hydrogen) atoms. The minimum Gasteiger partial charge on any atom is -0.354 e. The van der Waals surface area contributed by atoms with Gasteiger partial charge in [-0.3, -0.25) is 4.79 Å². The van der Waals surface area contributed by atoms with Crippen molar-refractivity contribution in [2.24, 2.45) is 0 Å². The summed E-state index contributed by atoms with van der Waals surface area (Å²) in [5.74, 6) is 1.50. The maximum Gasteiger partial charge on any atom is 0.242 e. The van der Waals surface area contributed by atoms with Crippen molar-refractivity contribution in [1.29, 1.82) is 0 Å². The van der Waals surface area contributed by atoms with E-state index in [0.717, 1.165) is 17.2 Å². The van der Waals surface area contributed by atoms with Crippen LogP contribution >= 0.6 is 0 Å². The van der Waals surface area contributed by atoms with Crippen LogP contribution in [0.4, 0.5) is 4.39 Å². The largest absolute Gasteiger partial charge is 0.354 e. The van der Waals surface area contributed by atoms with Gasteiger partial charge in [0.05, 0.1) is 11.0 Å². The molecule has 1 aromatic carbocycles. The van der Waals surface area contributed by atoms with Gasteiger partial charge in [0.25, 0.3) is 0 Å². The molecule has 0 fully saturated rings. The first-order valence-electron chi connectivity index (χ1n) is 8.40. The molecule has 2 N–H and O–H groups in total. The molecule has 7 heteroatoms. The molecule has 0 bridgehead atoms. The van der Waals surface area contributed by atoms with E-state index >= 15 is 0 Å². The Morgan fingerprint density at radius 3 is 2.92 bits per heavy atom. The highest BCUT2D eigenvalue weighted by Gasteiger charge is 2.18. The molecule has 0 radical (unpaired) electrons.